The first-order chi connectivity index (χ1) is 12.3. The summed E-state index contributed by atoms with van der Waals surface area (Å²) in [6, 6.07) is 8.12. The molecular formula is C21H32N2O2. The minimum atomic E-state index is 0.116. The van der Waals surface area contributed by atoms with Gasteiger partial charge in [0.1, 0.15) is 0 Å². The Hall–Kier alpha value is -1.81. The summed E-state index contributed by atoms with van der Waals surface area (Å²) in [5.41, 5.74) is 2.07. The maximum absolute atomic E-state index is 12.0. The summed E-state index contributed by atoms with van der Waals surface area (Å²) in [6.07, 6.45) is 10.8. The van der Waals surface area contributed by atoms with Gasteiger partial charge in [0.2, 0.25) is 5.91 Å². The van der Waals surface area contributed by atoms with Crippen LogP contribution in [0.15, 0.2) is 36.9 Å². The molecule has 0 aliphatic carbocycles. The van der Waals surface area contributed by atoms with Gasteiger partial charge in [-0.1, -0.05) is 31.8 Å². The summed E-state index contributed by atoms with van der Waals surface area (Å²) in [6.45, 7) is 7.17. The van der Waals surface area contributed by atoms with Crippen molar-refractivity contribution in [3.63, 3.8) is 0 Å². The molecule has 4 heteroatoms. The van der Waals surface area contributed by atoms with Crippen LogP contribution in [0, 0.1) is 0 Å². The molecule has 0 unspecified atom stereocenters. The van der Waals surface area contributed by atoms with Crippen LogP contribution in [0.3, 0.4) is 0 Å². The Morgan fingerprint density at radius 1 is 1.04 bits per heavy atom. The Bertz CT molecular complexity index is 507. The lowest BCUT2D eigenvalue weighted by Crippen LogP contribution is -2.36. The van der Waals surface area contributed by atoms with Crippen LogP contribution in [-0.4, -0.2) is 32.2 Å². The zero-order valence-electron chi connectivity index (χ0n) is 15.3. The van der Waals surface area contributed by atoms with Gasteiger partial charge in [-0.05, 0) is 43.5 Å². The van der Waals surface area contributed by atoms with Gasteiger partial charge in [0.15, 0.2) is 0 Å². The first-order valence-electron chi connectivity index (χ1n) is 9.63. The van der Waals surface area contributed by atoms with Crippen molar-refractivity contribution in [1.82, 2.24) is 0 Å². The molecule has 1 fully saturated rings. The molecule has 1 heterocycles. The molecule has 1 aromatic rings. The normalized spacial score (nSPS) is 14.3. The third kappa shape index (κ3) is 7.74. The maximum Gasteiger partial charge on any atom is 0.224 e. The lowest BCUT2D eigenvalue weighted by Gasteiger charge is -2.28. The van der Waals surface area contributed by atoms with Gasteiger partial charge in [-0.25, -0.2) is 0 Å². The van der Waals surface area contributed by atoms with E-state index in [1.54, 1.807) is 0 Å². The van der Waals surface area contributed by atoms with Crippen molar-refractivity contribution in [3.05, 3.63) is 36.9 Å². The summed E-state index contributed by atoms with van der Waals surface area (Å²) in [4.78, 5) is 14.3. The quantitative estimate of drug-likeness (QED) is 0.464. The molecule has 1 amide bonds. The zero-order valence-corrected chi connectivity index (χ0v) is 15.3. The Kier molecular flexibility index (Phi) is 9.13. The molecule has 1 saturated heterocycles. The number of unbranched alkanes of at least 4 members (excludes halogenated alkanes) is 6. The number of ether oxygens (including phenoxy) is 1. The molecule has 0 spiro atoms. The number of benzene rings is 1. The van der Waals surface area contributed by atoms with Crippen molar-refractivity contribution in [2.24, 2.45) is 0 Å². The second-order valence-electron chi connectivity index (χ2n) is 6.64. The predicted octanol–water partition coefficient (Wildman–Crippen LogP) is 4.77. The lowest BCUT2D eigenvalue weighted by atomic mass is 10.1. The summed E-state index contributed by atoms with van der Waals surface area (Å²) in [7, 11) is 0. The molecular weight excluding hydrogens is 312 g/mol. The van der Waals surface area contributed by atoms with Crippen molar-refractivity contribution < 1.29 is 9.53 Å². The van der Waals surface area contributed by atoms with E-state index < -0.39 is 0 Å². The average molecular weight is 344 g/mol. The van der Waals surface area contributed by atoms with E-state index in [1.807, 2.05) is 18.2 Å². The molecule has 138 valence electrons. The number of carbonyl (C=O) groups is 1. The van der Waals surface area contributed by atoms with Gasteiger partial charge in [-0.2, -0.15) is 0 Å². The Morgan fingerprint density at radius 2 is 1.68 bits per heavy atom. The van der Waals surface area contributed by atoms with E-state index in [1.165, 1.54) is 31.4 Å². The van der Waals surface area contributed by atoms with E-state index in [4.69, 9.17) is 4.74 Å². The molecule has 0 radical (unpaired) electrons. The second-order valence-corrected chi connectivity index (χ2v) is 6.64. The fourth-order valence-corrected chi connectivity index (χ4v) is 3.08. The van der Waals surface area contributed by atoms with Crippen LogP contribution < -0.4 is 10.2 Å². The van der Waals surface area contributed by atoms with Gasteiger partial charge in [-0.15, -0.1) is 6.58 Å². The number of rotatable bonds is 11. The number of hydrogen-bond acceptors (Lipinski definition) is 3. The van der Waals surface area contributed by atoms with Gasteiger partial charge < -0.3 is 15.0 Å². The van der Waals surface area contributed by atoms with Gasteiger partial charge in [0.25, 0.3) is 0 Å². The molecule has 0 bridgehead atoms. The molecule has 1 aliphatic rings. The average Bonchev–Trinajstić information content (AvgIpc) is 2.65. The Morgan fingerprint density at radius 3 is 2.36 bits per heavy atom. The predicted molar refractivity (Wildman–Crippen MR) is 105 cm³/mol. The molecule has 1 aliphatic heterocycles. The van der Waals surface area contributed by atoms with E-state index in [2.05, 4.69) is 28.9 Å². The molecule has 0 aromatic heterocycles. The lowest BCUT2D eigenvalue weighted by molar-refractivity contribution is -0.116. The summed E-state index contributed by atoms with van der Waals surface area (Å²) < 4.78 is 5.37. The van der Waals surface area contributed by atoms with Crippen LogP contribution in [0.4, 0.5) is 11.4 Å². The number of hydrogen-bond donors (Lipinski definition) is 1. The Labute approximate surface area is 152 Å². The van der Waals surface area contributed by atoms with E-state index in [-0.39, 0.29) is 5.91 Å². The minimum Gasteiger partial charge on any atom is -0.378 e. The van der Waals surface area contributed by atoms with Crippen LogP contribution in [0.1, 0.15) is 51.4 Å². The molecule has 0 atom stereocenters. The van der Waals surface area contributed by atoms with Crippen molar-refractivity contribution in [1.29, 1.82) is 0 Å². The molecule has 1 N–H and O–H groups in total. The highest BCUT2D eigenvalue weighted by molar-refractivity contribution is 5.90. The highest BCUT2D eigenvalue weighted by atomic mass is 16.5. The van der Waals surface area contributed by atoms with Crippen molar-refractivity contribution in [3.8, 4) is 0 Å². The number of anilines is 2. The number of morpholine rings is 1. The van der Waals surface area contributed by atoms with Crippen LogP contribution in [0.2, 0.25) is 0 Å². The van der Waals surface area contributed by atoms with E-state index in [9.17, 15) is 4.79 Å². The standard InChI is InChI=1S/C21H32N2O2/c1-2-3-4-5-6-7-8-9-10-21(24)22-19-11-13-20(14-12-19)23-15-17-25-18-16-23/h2,11-14H,1,3-10,15-18H2,(H,22,24). The third-order valence-corrected chi connectivity index (χ3v) is 4.59. The largest absolute Gasteiger partial charge is 0.378 e. The SMILES string of the molecule is C=CCCCCCCCCC(=O)Nc1ccc(N2CCOCC2)cc1. The van der Waals surface area contributed by atoms with Gasteiger partial charge in [-0.3, -0.25) is 4.79 Å². The number of allylic oxidation sites excluding steroid dienone is 1. The molecule has 4 nitrogen and oxygen atoms in total. The van der Waals surface area contributed by atoms with Crippen molar-refractivity contribution >= 4 is 17.3 Å². The van der Waals surface area contributed by atoms with Gasteiger partial charge in [0.05, 0.1) is 13.2 Å². The van der Waals surface area contributed by atoms with Crippen LogP contribution >= 0.6 is 0 Å². The number of nitrogens with zero attached hydrogens (tertiary/aromatic N) is 1. The monoisotopic (exact) mass is 344 g/mol. The molecule has 0 saturated carbocycles. The van der Waals surface area contributed by atoms with Crippen molar-refractivity contribution in [2.75, 3.05) is 36.5 Å². The highest BCUT2D eigenvalue weighted by Crippen LogP contribution is 2.19. The highest BCUT2D eigenvalue weighted by Gasteiger charge is 2.11. The summed E-state index contributed by atoms with van der Waals surface area (Å²) in [5.74, 6) is 0.116. The minimum absolute atomic E-state index is 0.116. The summed E-state index contributed by atoms with van der Waals surface area (Å²) in [5, 5.41) is 3.00. The Balaban J connectivity index is 1.59. The maximum atomic E-state index is 12.0. The smallest absolute Gasteiger partial charge is 0.224 e. The molecule has 1 aromatic carbocycles. The van der Waals surface area contributed by atoms with Crippen LogP contribution in [0.25, 0.3) is 0 Å². The van der Waals surface area contributed by atoms with Crippen LogP contribution in [0.5, 0.6) is 0 Å². The number of carbonyl (C=O) groups excluding carboxylic acids is 1. The topological polar surface area (TPSA) is 41.6 Å². The van der Waals surface area contributed by atoms with Gasteiger partial charge >= 0.3 is 0 Å². The third-order valence-electron chi connectivity index (χ3n) is 4.59. The number of amides is 1. The van der Waals surface area contributed by atoms with E-state index in [0.717, 1.165) is 51.3 Å². The fourth-order valence-electron chi connectivity index (χ4n) is 3.08. The fraction of sp³-hybridized carbons (Fsp3) is 0.571. The molecule has 25 heavy (non-hydrogen) atoms. The van der Waals surface area contributed by atoms with Crippen molar-refractivity contribution in [2.45, 2.75) is 51.4 Å². The van der Waals surface area contributed by atoms with E-state index in [0.29, 0.717) is 6.42 Å². The first-order valence-corrected chi connectivity index (χ1v) is 9.63. The first kappa shape index (κ1) is 19.5. The van der Waals surface area contributed by atoms with E-state index >= 15 is 0 Å². The summed E-state index contributed by atoms with van der Waals surface area (Å²) >= 11 is 0. The van der Waals surface area contributed by atoms with Crippen LogP contribution in [-0.2, 0) is 9.53 Å². The molecule has 2 rings (SSSR count). The second kappa shape index (κ2) is 11.7. The van der Waals surface area contributed by atoms with Gasteiger partial charge in [0, 0.05) is 30.9 Å². The number of nitrogens with one attached hydrogen (secondary N) is 1. The zero-order chi connectivity index (χ0) is 17.7.